The second kappa shape index (κ2) is 8.08. The number of nitrogens with one attached hydrogen (secondary N) is 2. The van der Waals surface area contributed by atoms with Gasteiger partial charge in [0.1, 0.15) is 17.2 Å². The average molecular weight is 397 g/mol. The van der Waals surface area contributed by atoms with Crippen LogP contribution in [0.5, 0.6) is 0 Å². The maximum absolute atomic E-state index is 13.8. The van der Waals surface area contributed by atoms with Gasteiger partial charge in [0, 0.05) is 6.04 Å². The van der Waals surface area contributed by atoms with Crippen molar-refractivity contribution in [1.82, 2.24) is 10.0 Å². The highest BCUT2D eigenvalue weighted by atomic mass is 32.2. The SMILES string of the molecule is CC1CC2CC(C)C(NC(=O)C(C)(C)NSc3c(F)cccc3F)C(C1)C2. The number of carbonyl (C=O) groups excluding carboxylic acids is 1. The van der Waals surface area contributed by atoms with E-state index in [1.165, 1.54) is 31.0 Å². The van der Waals surface area contributed by atoms with E-state index in [-0.39, 0.29) is 16.8 Å². The van der Waals surface area contributed by atoms with E-state index in [4.69, 9.17) is 0 Å². The van der Waals surface area contributed by atoms with Crippen LogP contribution in [0, 0.1) is 35.3 Å². The van der Waals surface area contributed by atoms with E-state index >= 15 is 0 Å². The maximum Gasteiger partial charge on any atom is 0.240 e. The van der Waals surface area contributed by atoms with Crippen LogP contribution in [0.2, 0.25) is 0 Å². The Morgan fingerprint density at radius 1 is 1.11 bits per heavy atom. The second-order valence-corrected chi connectivity index (χ2v) is 9.85. The topological polar surface area (TPSA) is 41.1 Å². The zero-order valence-corrected chi connectivity index (χ0v) is 17.3. The predicted octanol–water partition coefficient (Wildman–Crippen LogP) is 4.92. The van der Waals surface area contributed by atoms with Gasteiger partial charge in [-0.1, -0.05) is 19.9 Å². The van der Waals surface area contributed by atoms with Crippen molar-refractivity contribution in [2.45, 2.75) is 69.9 Å². The van der Waals surface area contributed by atoms with Crippen LogP contribution in [0.15, 0.2) is 23.1 Å². The first kappa shape index (κ1) is 20.6. The van der Waals surface area contributed by atoms with Crippen molar-refractivity contribution in [3.05, 3.63) is 29.8 Å². The molecular formula is C21H30F2N2OS. The summed E-state index contributed by atoms with van der Waals surface area (Å²) < 4.78 is 30.6. The van der Waals surface area contributed by atoms with Crippen LogP contribution in [0.25, 0.3) is 0 Å². The summed E-state index contributed by atoms with van der Waals surface area (Å²) in [5.41, 5.74) is -0.948. The van der Waals surface area contributed by atoms with E-state index < -0.39 is 17.2 Å². The smallest absolute Gasteiger partial charge is 0.240 e. The normalized spacial score (nSPS) is 30.8. The molecular weight excluding hydrogens is 366 g/mol. The molecule has 0 saturated heterocycles. The molecule has 0 aliphatic heterocycles. The number of hydrogen-bond donors (Lipinski definition) is 2. The van der Waals surface area contributed by atoms with Crippen LogP contribution >= 0.6 is 11.9 Å². The van der Waals surface area contributed by atoms with Crippen LogP contribution in [0.3, 0.4) is 0 Å². The number of halogens is 2. The minimum Gasteiger partial charge on any atom is -0.351 e. The number of fused-ring (bicyclic) bond motifs is 2. The lowest BCUT2D eigenvalue weighted by Crippen LogP contribution is -2.58. The van der Waals surface area contributed by atoms with Crippen LogP contribution in [-0.2, 0) is 4.79 Å². The van der Waals surface area contributed by atoms with Gasteiger partial charge in [-0.3, -0.25) is 4.79 Å². The summed E-state index contributed by atoms with van der Waals surface area (Å²) in [6.45, 7) is 8.02. The zero-order chi connectivity index (χ0) is 19.8. The first-order chi connectivity index (χ1) is 12.7. The Morgan fingerprint density at radius 2 is 1.78 bits per heavy atom. The van der Waals surface area contributed by atoms with Gasteiger partial charge in [0.2, 0.25) is 5.91 Å². The van der Waals surface area contributed by atoms with Gasteiger partial charge in [0.05, 0.1) is 4.90 Å². The molecule has 0 heterocycles. The van der Waals surface area contributed by atoms with Crippen molar-refractivity contribution in [2.75, 3.05) is 0 Å². The van der Waals surface area contributed by atoms with Crippen LogP contribution in [-0.4, -0.2) is 17.5 Å². The van der Waals surface area contributed by atoms with Gasteiger partial charge in [0.25, 0.3) is 0 Å². The van der Waals surface area contributed by atoms with Crippen LogP contribution < -0.4 is 10.0 Å². The third kappa shape index (κ3) is 4.65. The largest absolute Gasteiger partial charge is 0.351 e. The molecule has 5 unspecified atom stereocenters. The first-order valence-electron chi connectivity index (χ1n) is 9.86. The monoisotopic (exact) mass is 396 g/mol. The van der Waals surface area contributed by atoms with Crippen molar-refractivity contribution in [1.29, 1.82) is 0 Å². The molecule has 2 bridgehead atoms. The lowest BCUT2D eigenvalue weighted by molar-refractivity contribution is -0.128. The molecule has 0 aromatic heterocycles. The van der Waals surface area contributed by atoms with E-state index in [2.05, 4.69) is 23.9 Å². The van der Waals surface area contributed by atoms with Crippen molar-refractivity contribution in [2.24, 2.45) is 23.7 Å². The Balaban J connectivity index is 1.63. The molecule has 2 aliphatic rings. The molecule has 27 heavy (non-hydrogen) atoms. The number of benzene rings is 1. The van der Waals surface area contributed by atoms with E-state index in [1.54, 1.807) is 13.8 Å². The van der Waals surface area contributed by atoms with Gasteiger partial charge >= 0.3 is 0 Å². The molecule has 0 radical (unpaired) electrons. The summed E-state index contributed by atoms with van der Waals surface area (Å²) in [6, 6.07) is 3.93. The number of carbonyl (C=O) groups is 1. The number of amides is 1. The number of hydrogen-bond acceptors (Lipinski definition) is 3. The summed E-state index contributed by atoms with van der Waals surface area (Å²) >= 11 is 0.829. The molecule has 3 rings (SSSR count). The van der Waals surface area contributed by atoms with Gasteiger partial charge in [-0.2, -0.15) is 0 Å². The minimum atomic E-state index is -0.948. The second-order valence-electron chi connectivity index (χ2n) is 9.03. The fraction of sp³-hybridized carbons (Fsp3) is 0.667. The fourth-order valence-electron chi connectivity index (χ4n) is 4.82. The summed E-state index contributed by atoms with van der Waals surface area (Å²) in [5, 5.41) is 3.25. The first-order valence-corrected chi connectivity index (χ1v) is 10.7. The molecule has 2 aliphatic carbocycles. The molecule has 5 atom stereocenters. The van der Waals surface area contributed by atoms with Gasteiger partial charge < -0.3 is 5.32 Å². The molecule has 1 aromatic rings. The molecule has 2 N–H and O–H groups in total. The van der Waals surface area contributed by atoms with Crippen LogP contribution in [0.1, 0.15) is 53.4 Å². The molecule has 2 fully saturated rings. The molecule has 2 saturated carbocycles. The highest BCUT2D eigenvalue weighted by Crippen LogP contribution is 2.44. The summed E-state index contributed by atoms with van der Waals surface area (Å²) in [5.74, 6) is 1.09. The third-order valence-electron chi connectivity index (χ3n) is 6.10. The Morgan fingerprint density at radius 3 is 2.44 bits per heavy atom. The van der Waals surface area contributed by atoms with E-state index in [9.17, 15) is 13.6 Å². The Bertz CT molecular complexity index is 673. The highest BCUT2D eigenvalue weighted by Gasteiger charge is 2.42. The predicted molar refractivity (Wildman–Crippen MR) is 105 cm³/mol. The standard InChI is InChI=1S/C21H30F2N2OS/c1-12-8-14-10-13(2)18(15(9-12)11-14)24-20(26)21(3,4)25-27-19-16(22)6-5-7-17(19)23/h5-7,12-15,18,25H,8-11H2,1-4H3,(H,24,26). The summed E-state index contributed by atoms with van der Waals surface area (Å²) in [6.07, 6.45) is 4.83. The Kier molecular flexibility index (Phi) is 6.16. The van der Waals surface area contributed by atoms with Gasteiger partial charge in [-0.05, 0) is 87.3 Å². The fourth-order valence-corrected chi connectivity index (χ4v) is 5.60. The van der Waals surface area contributed by atoms with Crippen molar-refractivity contribution in [3.8, 4) is 0 Å². The highest BCUT2D eigenvalue weighted by molar-refractivity contribution is 7.97. The lowest BCUT2D eigenvalue weighted by atomic mass is 9.63. The van der Waals surface area contributed by atoms with E-state index in [0.717, 1.165) is 30.7 Å². The van der Waals surface area contributed by atoms with Gasteiger partial charge in [0.15, 0.2) is 0 Å². The third-order valence-corrected chi connectivity index (χ3v) is 7.30. The summed E-state index contributed by atoms with van der Waals surface area (Å²) in [7, 11) is 0. The molecule has 3 nitrogen and oxygen atoms in total. The van der Waals surface area contributed by atoms with Crippen molar-refractivity contribution in [3.63, 3.8) is 0 Å². The Labute approximate surface area is 165 Å². The van der Waals surface area contributed by atoms with Crippen molar-refractivity contribution < 1.29 is 13.6 Å². The van der Waals surface area contributed by atoms with E-state index in [1.807, 2.05) is 0 Å². The molecule has 1 amide bonds. The van der Waals surface area contributed by atoms with Crippen molar-refractivity contribution >= 4 is 17.9 Å². The molecule has 150 valence electrons. The molecule has 0 spiro atoms. The van der Waals surface area contributed by atoms with Crippen LogP contribution in [0.4, 0.5) is 8.78 Å². The number of rotatable bonds is 5. The zero-order valence-electron chi connectivity index (χ0n) is 16.5. The summed E-state index contributed by atoms with van der Waals surface area (Å²) in [4.78, 5) is 12.8. The Hall–Kier alpha value is -1.14. The minimum absolute atomic E-state index is 0.117. The average Bonchev–Trinajstić information content (AvgIpc) is 2.57. The maximum atomic E-state index is 13.8. The lowest BCUT2D eigenvalue weighted by Gasteiger charge is -2.47. The van der Waals surface area contributed by atoms with E-state index in [0.29, 0.717) is 17.8 Å². The van der Waals surface area contributed by atoms with Gasteiger partial charge in [-0.15, -0.1) is 0 Å². The quantitative estimate of drug-likeness (QED) is 0.695. The van der Waals surface area contributed by atoms with Gasteiger partial charge in [-0.25, -0.2) is 13.5 Å². The molecule has 1 aromatic carbocycles. The molecule has 6 heteroatoms.